The number of aryl methyl sites for hydroxylation is 2. The Bertz CT molecular complexity index is 1060. The summed E-state index contributed by atoms with van der Waals surface area (Å²) in [4.78, 5) is 36.2. The van der Waals surface area contributed by atoms with Gasteiger partial charge in [0.25, 0.3) is 11.6 Å². The van der Waals surface area contributed by atoms with Crippen molar-refractivity contribution in [2.24, 2.45) is 0 Å². The third-order valence-corrected chi connectivity index (χ3v) is 4.25. The van der Waals surface area contributed by atoms with Gasteiger partial charge in [-0.2, -0.15) is 0 Å². The molecule has 0 radical (unpaired) electrons. The summed E-state index contributed by atoms with van der Waals surface area (Å²) in [6.07, 6.45) is 0.0398. The maximum Gasteiger partial charge on any atom is 0.342 e. The third-order valence-electron chi connectivity index (χ3n) is 4.25. The zero-order valence-electron chi connectivity index (χ0n) is 15.7. The zero-order valence-corrected chi connectivity index (χ0v) is 15.7. The Balaban J connectivity index is 1.91. The molecule has 0 aliphatic carbocycles. The van der Waals surface area contributed by atoms with Gasteiger partial charge in [0.1, 0.15) is 17.0 Å². The highest BCUT2D eigenvalue weighted by Gasteiger charge is 2.28. The van der Waals surface area contributed by atoms with Gasteiger partial charge in [-0.25, -0.2) is 4.79 Å². The zero-order chi connectivity index (χ0) is 21.0. The van der Waals surface area contributed by atoms with Crippen molar-refractivity contribution in [1.29, 1.82) is 0 Å². The highest BCUT2D eigenvalue weighted by atomic mass is 16.6. The lowest BCUT2D eigenvalue weighted by atomic mass is 10.1. The molecule has 2 aromatic carbocycles. The number of nitrogens with zero attached hydrogens (tertiary/aromatic N) is 1. The molecular weight excluding hydrogens is 376 g/mol. The summed E-state index contributed by atoms with van der Waals surface area (Å²) in [5.74, 6) is -1.09. The summed E-state index contributed by atoms with van der Waals surface area (Å²) >= 11 is 0. The minimum absolute atomic E-state index is 0.0158. The van der Waals surface area contributed by atoms with Crippen LogP contribution in [0.3, 0.4) is 0 Å². The van der Waals surface area contributed by atoms with Gasteiger partial charge in [-0.15, -0.1) is 0 Å². The Hall–Kier alpha value is -3.94. The van der Waals surface area contributed by atoms with Crippen molar-refractivity contribution in [2.75, 3.05) is 5.32 Å². The quantitative estimate of drug-likeness (QED) is 0.378. The monoisotopic (exact) mass is 394 g/mol. The maximum atomic E-state index is 12.9. The molecule has 1 atom stereocenters. The molecule has 1 unspecified atom stereocenters. The predicted molar refractivity (Wildman–Crippen MR) is 105 cm³/mol. The van der Waals surface area contributed by atoms with E-state index in [9.17, 15) is 19.7 Å². The van der Waals surface area contributed by atoms with E-state index in [-0.39, 0.29) is 16.9 Å². The van der Waals surface area contributed by atoms with Crippen molar-refractivity contribution in [3.63, 3.8) is 0 Å². The van der Waals surface area contributed by atoms with Crippen LogP contribution in [-0.2, 0) is 9.53 Å². The first kappa shape index (κ1) is 19.8. The number of esters is 1. The molecule has 8 heteroatoms. The molecule has 1 heterocycles. The molecular formula is C21H18N2O6. The predicted octanol–water partition coefficient (Wildman–Crippen LogP) is 4.34. The summed E-state index contributed by atoms with van der Waals surface area (Å²) in [6.45, 7) is 3.31. The number of carbonyl (C=O) groups is 2. The molecule has 0 aliphatic rings. The molecule has 1 aromatic heterocycles. The van der Waals surface area contributed by atoms with Crippen LogP contribution < -0.4 is 5.32 Å². The van der Waals surface area contributed by atoms with Crippen LogP contribution in [-0.4, -0.2) is 16.8 Å². The fourth-order valence-corrected chi connectivity index (χ4v) is 2.76. The van der Waals surface area contributed by atoms with Crippen LogP contribution in [0.1, 0.15) is 33.3 Å². The van der Waals surface area contributed by atoms with Gasteiger partial charge in [-0.1, -0.05) is 36.4 Å². The molecule has 1 N–H and O–H groups in total. The fraction of sp³-hybridized carbons (Fsp3) is 0.143. The number of ether oxygens (including phenoxy) is 1. The second-order valence-corrected chi connectivity index (χ2v) is 6.35. The summed E-state index contributed by atoms with van der Waals surface area (Å²) in [5.41, 5.74) is 1.06. The van der Waals surface area contributed by atoms with Crippen LogP contribution in [0.25, 0.3) is 0 Å². The van der Waals surface area contributed by atoms with Crippen molar-refractivity contribution >= 4 is 23.3 Å². The van der Waals surface area contributed by atoms with Crippen molar-refractivity contribution in [3.05, 3.63) is 93.4 Å². The van der Waals surface area contributed by atoms with E-state index >= 15 is 0 Å². The van der Waals surface area contributed by atoms with E-state index in [1.54, 1.807) is 50.2 Å². The second-order valence-electron chi connectivity index (χ2n) is 6.35. The number of rotatable bonds is 6. The van der Waals surface area contributed by atoms with Crippen LogP contribution in [0.5, 0.6) is 0 Å². The van der Waals surface area contributed by atoms with E-state index in [1.165, 1.54) is 24.5 Å². The molecule has 0 aliphatic heterocycles. The van der Waals surface area contributed by atoms with Gasteiger partial charge in [0, 0.05) is 11.6 Å². The Morgan fingerprint density at radius 1 is 1.10 bits per heavy atom. The first-order chi connectivity index (χ1) is 13.9. The van der Waals surface area contributed by atoms with Gasteiger partial charge >= 0.3 is 5.97 Å². The smallest absolute Gasteiger partial charge is 0.342 e. The standard InChI is InChI=1S/C21H18N2O6/c1-13-8-9-17(18(12-13)23(26)27)22-20(24)19(15-6-4-3-5-7-15)29-21(25)16-10-11-28-14(16)2/h3-12,19H,1-2H3,(H,22,24). The van der Waals surface area contributed by atoms with E-state index in [1.807, 2.05) is 0 Å². The van der Waals surface area contributed by atoms with Gasteiger partial charge in [-0.05, 0) is 31.5 Å². The maximum absolute atomic E-state index is 12.9. The van der Waals surface area contributed by atoms with Gasteiger partial charge < -0.3 is 14.5 Å². The number of benzene rings is 2. The molecule has 0 saturated carbocycles. The number of furan rings is 1. The molecule has 1 amide bonds. The van der Waals surface area contributed by atoms with E-state index in [2.05, 4.69) is 5.32 Å². The summed E-state index contributed by atoms with van der Waals surface area (Å²) in [7, 11) is 0. The molecule has 0 bridgehead atoms. The van der Waals surface area contributed by atoms with Gasteiger partial charge in [0.2, 0.25) is 6.10 Å². The Kier molecular flexibility index (Phi) is 5.73. The lowest BCUT2D eigenvalue weighted by molar-refractivity contribution is -0.384. The highest BCUT2D eigenvalue weighted by molar-refractivity contribution is 5.99. The molecule has 3 aromatic rings. The van der Waals surface area contributed by atoms with Gasteiger partial charge in [0.05, 0.1) is 11.2 Å². The molecule has 0 saturated heterocycles. The van der Waals surface area contributed by atoms with Crippen molar-refractivity contribution in [2.45, 2.75) is 20.0 Å². The normalized spacial score (nSPS) is 11.5. The molecule has 3 rings (SSSR count). The molecule has 29 heavy (non-hydrogen) atoms. The molecule has 148 valence electrons. The van der Waals surface area contributed by atoms with Crippen LogP contribution in [0.4, 0.5) is 11.4 Å². The van der Waals surface area contributed by atoms with Crippen molar-refractivity contribution in [3.8, 4) is 0 Å². The fourth-order valence-electron chi connectivity index (χ4n) is 2.76. The Morgan fingerprint density at radius 3 is 2.45 bits per heavy atom. The summed E-state index contributed by atoms with van der Waals surface area (Å²) in [6, 6.07) is 14.3. The average Bonchev–Trinajstić information content (AvgIpc) is 3.13. The van der Waals surface area contributed by atoms with Gasteiger partial charge in [-0.3, -0.25) is 14.9 Å². The number of hydrogen-bond acceptors (Lipinski definition) is 6. The number of nitrogens with one attached hydrogen (secondary N) is 1. The minimum atomic E-state index is -1.31. The van der Waals surface area contributed by atoms with Crippen molar-refractivity contribution < 1.29 is 23.7 Å². The molecule has 0 fully saturated rings. The number of nitro groups is 1. The molecule has 0 spiro atoms. The summed E-state index contributed by atoms with van der Waals surface area (Å²) < 4.78 is 10.5. The third kappa shape index (κ3) is 4.49. The lowest BCUT2D eigenvalue weighted by Crippen LogP contribution is -2.26. The first-order valence-electron chi connectivity index (χ1n) is 8.72. The lowest BCUT2D eigenvalue weighted by Gasteiger charge is -2.18. The van der Waals surface area contributed by atoms with Gasteiger partial charge in [0.15, 0.2) is 0 Å². The number of anilines is 1. The number of hydrogen-bond donors (Lipinski definition) is 1. The minimum Gasteiger partial charge on any atom is -0.469 e. The SMILES string of the molecule is Cc1ccc(NC(=O)C(OC(=O)c2ccoc2C)c2ccccc2)c([N+](=O)[O-])c1. The van der Waals surface area contributed by atoms with E-state index in [0.717, 1.165) is 0 Å². The van der Waals surface area contributed by atoms with E-state index < -0.39 is 22.9 Å². The van der Waals surface area contributed by atoms with Crippen LogP contribution in [0.2, 0.25) is 0 Å². The Labute approximate surface area is 166 Å². The summed E-state index contributed by atoms with van der Waals surface area (Å²) in [5, 5.41) is 13.8. The van der Waals surface area contributed by atoms with E-state index in [4.69, 9.17) is 9.15 Å². The topological polar surface area (TPSA) is 112 Å². The highest BCUT2D eigenvalue weighted by Crippen LogP contribution is 2.28. The average molecular weight is 394 g/mol. The number of carbonyl (C=O) groups excluding carboxylic acids is 2. The Morgan fingerprint density at radius 2 is 1.83 bits per heavy atom. The number of amides is 1. The molecule has 8 nitrogen and oxygen atoms in total. The van der Waals surface area contributed by atoms with Crippen LogP contribution in [0.15, 0.2) is 65.3 Å². The number of nitro benzene ring substituents is 1. The van der Waals surface area contributed by atoms with Crippen LogP contribution >= 0.6 is 0 Å². The van der Waals surface area contributed by atoms with Crippen molar-refractivity contribution in [1.82, 2.24) is 0 Å². The first-order valence-corrected chi connectivity index (χ1v) is 8.72. The largest absolute Gasteiger partial charge is 0.469 e. The van der Waals surface area contributed by atoms with Crippen LogP contribution in [0, 0.1) is 24.0 Å². The van der Waals surface area contributed by atoms with E-state index in [0.29, 0.717) is 16.9 Å². The second kappa shape index (κ2) is 8.39.